The van der Waals surface area contributed by atoms with Gasteiger partial charge in [0.25, 0.3) is 0 Å². The van der Waals surface area contributed by atoms with E-state index in [1.165, 1.54) is 16.2 Å². The summed E-state index contributed by atoms with van der Waals surface area (Å²) in [6.45, 7) is 6.44. The lowest BCUT2D eigenvalue weighted by Crippen LogP contribution is -2.50. The zero-order valence-corrected chi connectivity index (χ0v) is 19.5. The molecule has 10 nitrogen and oxygen atoms in total. The van der Waals surface area contributed by atoms with E-state index < -0.39 is 23.6 Å². The van der Waals surface area contributed by atoms with Crippen molar-refractivity contribution < 1.29 is 14.7 Å². The standard InChI is InChI=1S/C21H31N7O3S/c1-21(2,3)17(28-11-15(25-26-28)12-4-5-12)19(31)27-10-13(29)8-16(27)18(30)23-7-6-14-9-24-20(22)32-14/h9,11-13,16-17,29H,4-8,10H2,1-3H3,(H2,22,24)(H,23,30)/t13?,16?,17-/m1/s1. The molecule has 4 rings (SSSR count). The van der Waals surface area contributed by atoms with Crippen LogP contribution in [0.4, 0.5) is 5.13 Å². The lowest BCUT2D eigenvalue weighted by molar-refractivity contribution is -0.144. The highest BCUT2D eigenvalue weighted by Gasteiger charge is 2.45. The van der Waals surface area contributed by atoms with Gasteiger partial charge in [-0.15, -0.1) is 16.4 Å². The molecule has 2 unspecified atom stereocenters. The Labute approximate surface area is 191 Å². The highest BCUT2D eigenvalue weighted by Crippen LogP contribution is 2.40. The second kappa shape index (κ2) is 8.78. The molecule has 0 aromatic carbocycles. The normalized spacial score (nSPS) is 22.2. The fourth-order valence-electron chi connectivity index (χ4n) is 4.19. The number of β-amino-alcohol motifs (C(OH)–C–C–N with tert-alkyl or cyclic N) is 1. The van der Waals surface area contributed by atoms with Crippen LogP contribution in [-0.4, -0.2) is 67.0 Å². The summed E-state index contributed by atoms with van der Waals surface area (Å²) in [6.07, 6.45) is 5.83. The third-order valence-corrected chi connectivity index (χ3v) is 6.84. The smallest absolute Gasteiger partial charge is 0.248 e. The summed E-state index contributed by atoms with van der Waals surface area (Å²) in [5.74, 6) is -0.0607. The molecule has 1 saturated carbocycles. The number of aliphatic hydroxyl groups is 1. The molecule has 2 fully saturated rings. The van der Waals surface area contributed by atoms with Crippen molar-refractivity contribution in [3.63, 3.8) is 0 Å². The first-order valence-corrected chi connectivity index (χ1v) is 11.8. The minimum absolute atomic E-state index is 0.124. The molecule has 0 spiro atoms. The van der Waals surface area contributed by atoms with E-state index in [9.17, 15) is 14.7 Å². The van der Waals surface area contributed by atoms with Crippen LogP contribution in [0.2, 0.25) is 0 Å². The van der Waals surface area contributed by atoms with Gasteiger partial charge in [0, 0.05) is 49.1 Å². The van der Waals surface area contributed by atoms with Crippen LogP contribution in [0.5, 0.6) is 0 Å². The minimum atomic E-state index is -0.741. The number of nitrogens with one attached hydrogen (secondary N) is 1. The topological polar surface area (TPSA) is 139 Å². The Balaban J connectivity index is 1.46. The van der Waals surface area contributed by atoms with Crippen molar-refractivity contribution in [1.82, 2.24) is 30.2 Å². The van der Waals surface area contributed by atoms with Gasteiger partial charge in [-0.1, -0.05) is 26.0 Å². The van der Waals surface area contributed by atoms with Gasteiger partial charge >= 0.3 is 0 Å². The van der Waals surface area contributed by atoms with Gasteiger partial charge in [-0.25, -0.2) is 9.67 Å². The van der Waals surface area contributed by atoms with E-state index in [1.807, 2.05) is 27.0 Å². The van der Waals surface area contributed by atoms with E-state index >= 15 is 0 Å². The van der Waals surface area contributed by atoms with E-state index in [0.29, 0.717) is 24.0 Å². The van der Waals surface area contributed by atoms with Gasteiger partial charge in [0.2, 0.25) is 11.8 Å². The molecule has 0 radical (unpaired) electrons. The van der Waals surface area contributed by atoms with Crippen LogP contribution in [-0.2, 0) is 16.0 Å². The molecule has 0 bridgehead atoms. The maximum Gasteiger partial charge on any atom is 0.248 e. The molecule has 2 aromatic rings. The van der Waals surface area contributed by atoms with E-state index in [2.05, 4.69) is 20.6 Å². The Hall–Kier alpha value is -2.53. The van der Waals surface area contributed by atoms with Gasteiger partial charge in [0.15, 0.2) is 5.13 Å². The van der Waals surface area contributed by atoms with E-state index in [1.54, 1.807) is 10.9 Å². The molecular formula is C21H31N7O3S. The first-order chi connectivity index (χ1) is 15.1. The zero-order chi connectivity index (χ0) is 23.0. The van der Waals surface area contributed by atoms with Gasteiger partial charge < -0.3 is 21.1 Å². The van der Waals surface area contributed by atoms with Crippen molar-refractivity contribution in [3.05, 3.63) is 23.0 Å². The number of aliphatic hydroxyl groups excluding tert-OH is 1. The van der Waals surface area contributed by atoms with Crippen LogP contribution >= 0.6 is 11.3 Å². The largest absolute Gasteiger partial charge is 0.391 e. The maximum atomic E-state index is 13.7. The highest BCUT2D eigenvalue weighted by molar-refractivity contribution is 7.15. The number of hydrogen-bond acceptors (Lipinski definition) is 8. The Kier molecular flexibility index (Phi) is 6.22. The molecule has 1 aliphatic carbocycles. The SMILES string of the molecule is CC(C)(C)[C@@H](C(=O)N1CC(O)CC1C(=O)NCCc1cnc(N)s1)n1cc(C2CC2)nn1. The quantitative estimate of drug-likeness (QED) is 0.561. The lowest BCUT2D eigenvalue weighted by Gasteiger charge is -2.34. The van der Waals surface area contributed by atoms with E-state index in [0.717, 1.165) is 23.4 Å². The number of likely N-dealkylation sites (tertiary alicyclic amines) is 1. The number of carbonyl (C=O) groups is 2. The molecule has 1 saturated heterocycles. The van der Waals surface area contributed by atoms with Gasteiger partial charge in [0.05, 0.1) is 11.8 Å². The van der Waals surface area contributed by atoms with Gasteiger partial charge in [-0.3, -0.25) is 9.59 Å². The molecule has 2 aromatic heterocycles. The molecule has 11 heteroatoms. The summed E-state index contributed by atoms with van der Waals surface area (Å²) in [5, 5.41) is 22.2. The Morgan fingerprint density at radius 2 is 2.12 bits per heavy atom. The van der Waals surface area contributed by atoms with Crippen molar-refractivity contribution >= 4 is 28.3 Å². The van der Waals surface area contributed by atoms with Crippen LogP contribution in [0.3, 0.4) is 0 Å². The van der Waals surface area contributed by atoms with Gasteiger partial charge in [-0.05, 0) is 18.3 Å². The number of amides is 2. The summed E-state index contributed by atoms with van der Waals surface area (Å²) >= 11 is 1.39. The average molecular weight is 462 g/mol. The first-order valence-electron chi connectivity index (χ1n) is 11.0. The number of rotatable bonds is 7. The number of nitrogens with zero attached hydrogens (tertiary/aromatic N) is 5. The summed E-state index contributed by atoms with van der Waals surface area (Å²) in [7, 11) is 0. The van der Waals surface area contributed by atoms with E-state index in [-0.39, 0.29) is 24.8 Å². The molecule has 1 aliphatic heterocycles. The third kappa shape index (κ3) is 4.93. The van der Waals surface area contributed by atoms with Crippen LogP contribution in [0.25, 0.3) is 0 Å². The number of thiazole rings is 1. The molecule has 3 heterocycles. The average Bonchev–Trinajstić information content (AvgIpc) is 3.10. The third-order valence-electron chi connectivity index (χ3n) is 5.95. The minimum Gasteiger partial charge on any atom is -0.391 e. The van der Waals surface area contributed by atoms with Crippen molar-refractivity contribution in [2.24, 2.45) is 5.41 Å². The van der Waals surface area contributed by atoms with Crippen LogP contribution in [0.15, 0.2) is 12.4 Å². The monoisotopic (exact) mass is 461 g/mol. The second-order valence-electron chi connectivity index (χ2n) is 9.77. The number of nitrogen functional groups attached to an aromatic ring is 1. The second-order valence-corrected chi connectivity index (χ2v) is 10.9. The maximum absolute atomic E-state index is 13.7. The fourth-order valence-corrected chi connectivity index (χ4v) is 4.87. The fraction of sp³-hybridized carbons (Fsp3) is 0.667. The Morgan fingerprint density at radius 3 is 2.75 bits per heavy atom. The van der Waals surface area contributed by atoms with Crippen molar-refractivity contribution in [1.29, 1.82) is 0 Å². The van der Waals surface area contributed by atoms with Crippen LogP contribution < -0.4 is 11.1 Å². The molecule has 32 heavy (non-hydrogen) atoms. The molecule has 174 valence electrons. The lowest BCUT2D eigenvalue weighted by atomic mass is 9.85. The van der Waals surface area contributed by atoms with E-state index in [4.69, 9.17) is 5.73 Å². The number of carbonyl (C=O) groups excluding carboxylic acids is 2. The van der Waals surface area contributed by atoms with Crippen molar-refractivity contribution in [2.45, 2.75) is 70.6 Å². The van der Waals surface area contributed by atoms with Gasteiger partial charge in [-0.2, -0.15) is 0 Å². The van der Waals surface area contributed by atoms with Gasteiger partial charge in [0.1, 0.15) is 12.1 Å². The molecule has 2 aliphatic rings. The predicted molar refractivity (Wildman–Crippen MR) is 120 cm³/mol. The molecule has 2 amide bonds. The Morgan fingerprint density at radius 1 is 1.38 bits per heavy atom. The first kappa shape index (κ1) is 22.7. The van der Waals surface area contributed by atoms with Crippen LogP contribution in [0, 0.1) is 5.41 Å². The highest BCUT2D eigenvalue weighted by atomic mass is 32.1. The summed E-state index contributed by atoms with van der Waals surface area (Å²) in [5.41, 5.74) is 6.10. The molecular weight excluding hydrogens is 430 g/mol. The number of hydrogen-bond donors (Lipinski definition) is 3. The summed E-state index contributed by atoms with van der Waals surface area (Å²) < 4.78 is 1.63. The van der Waals surface area contributed by atoms with Crippen LogP contribution in [0.1, 0.15) is 62.6 Å². The molecule has 4 N–H and O–H groups in total. The molecule has 3 atom stereocenters. The summed E-state index contributed by atoms with van der Waals surface area (Å²) in [6, 6.07) is -1.34. The van der Waals surface area contributed by atoms with Crippen molar-refractivity contribution in [2.75, 3.05) is 18.8 Å². The summed E-state index contributed by atoms with van der Waals surface area (Å²) in [4.78, 5) is 33.1. The zero-order valence-electron chi connectivity index (χ0n) is 18.7. The van der Waals surface area contributed by atoms with Crippen molar-refractivity contribution in [3.8, 4) is 0 Å². The predicted octanol–water partition coefficient (Wildman–Crippen LogP) is 1.10. The number of nitrogens with two attached hydrogens (primary N) is 1. The number of anilines is 1. The Bertz CT molecular complexity index is 978. The number of aromatic nitrogens is 4.